The topological polar surface area (TPSA) is 29.5 Å². The molecule has 0 unspecified atom stereocenters. The molecule has 1 aliphatic heterocycles. The van der Waals surface area contributed by atoms with Gasteiger partial charge in [-0.1, -0.05) is 0 Å². The number of carbonyl (C=O) groups excluding carboxylic acids is 1. The van der Waals surface area contributed by atoms with Gasteiger partial charge in [0.05, 0.1) is 17.8 Å². The molecule has 3 nitrogen and oxygen atoms in total. The Bertz CT molecular complexity index is 417. The Morgan fingerprint density at radius 3 is 2.41 bits per heavy atom. The number of amides is 1. The Morgan fingerprint density at radius 1 is 1.35 bits per heavy atom. The van der Waals surface area contributed by atoms with Gasteiger partial charge in [0, 0.05) is 23.3 Å². The van der Waals surface area contributed by atoms with Crippen molar-refractivity contribution >= 4 is 17.2 Å². The van der Waals surface area contributed by atoms with Gasteiger partial charge in [0.25, 0.3) is 5.91 Å². The Balaban J connectivity index is 2.17. The third kappa shape index (κ3) is 2.53. The van der Waals surface area contributed by atoms with E-state index in [9.17, 15) is 4.79 Å². The van der Waals surface area contributed by atoms with E-state index < -0.39 is 0 Å². The lowest BCUT2D eigenvalue weighted by molar-refractivity contribution is -0.0586. The molecule has 0 spiro atoms. The molecule has 1 aliphatic rings. The first-order valence-corrected chi connectivity index (χ1v) is 6.86. The Kier molecular flexibility index (Phi) is 3.54. The summed E-state index contributed by atoms with van der Waals surface area (Å²) in [6.07, 6.45) is 0.255. The summed E-state index contributed by atoms with van der Waals surface area (Å²) in [5.74, 6) is 0.147. The fraction of sp³-hybridized carbons (Fsp3) is 0.615. The maximum absolute atomic E-state index is 12.4. The van der Waals surface area contributed by atoms with Gasteiger partial charge in [0.1, 0.15) is 0 Å². The average Bonchev–Trinajstić information content (AvgIpc) is 2.57. The third-order valence-corrected chi connectivity index (χ3v) is 4.24. The number of nitrogens with zero attached hydrogens (tertiary/aromatic N) is 1. The smallest absolute Gasteiger partial charge is 0.255 e. The standard InChI is InChI=1S/C13H19NO2S/c1-8-5-14(6-9(2)16-8)13(15)12-7-17-11(4)10(12)3/h7-9H,5-6H2,1-4H3/t8-,9+. The van der Waals surface area contributed by atoms with E-state index in [-0.39, 0.29) is 18.1 Å². The number of hydrogen-bond acceptors (Lipinski definition) is 3. The molecule has 4 heteroatoms. The van der Waals surface area contributed by atoms with E-state index in [1.807, 2.05) is 31.1 Å². The number of rotatable bonds is 1. The van der Waals surface area contributed by atoms with Crippen molar-refractivity contribution in [3.63, 3.8) is 0 Å². The second-order valence-corrected chi connectivity index (χ2v) is 5.88. The average molecular weight is 253 g/mol. The summed E-state index contributed by atoms with van der Waals surface area (Å²) < 4.78 is 5.65. The molecule has 94 valence electrons. The molecular formula is C13H19NO2S. The number of hydrogen-bond donors (Lipinski definition) is 0. The molecular weight excluding hydrogens is 234 g/mol. The molecule has 0 saturated carbocycles. The monoisotopic (exact) mass is 253 g/mol. The number of aryl methyl sites for hydroxylation is 1. The van der Waals surface area contributed by atoms with Crippen LogP contribution in [0.15, 0.2) is 5.38 Å². The molecule has 1 fully saturated rings. The number of carbonyl (C=O) groups is 1. The zero-order valence-corrected chi connectivity index (χ0v) is 11.6. The van der Waals surface area contributed by atoms with Crippen LogP contribution in [0.2, 0.25) is 0 Å². The van der Waals surface area contributed by atoms with Gasteiger partial charge >= 0.3 is 0 Å². The molecule has 2 heterocycles. The molecule has 1 saturated heterocycles. The van der Waals surface area contributed by atoms with Gasteiger partial charge in [-0.05, 0) is 33.3 Å². The molecule has 2 atom stereocenters. The molecule has 0 aliphatic carbocycles. The van der Waals surface area contributed by atoms with Crippen LogP contribution in [0.3, 0.4) is 0 Å². The van der Waals surface area contributed by atoms with Crippen LogP contribution in [0.5, 0.6) is 0 Å². The van der Waals surface area contributed by atoms with Crippen LogP contribution in [0.1, 0.15) is 34.6 Å². The first-order chi connectivity index (χ1) is 7.99. The van der Waals surface area contributed by atoms with E-state index in [1.165, 1.54) is 4.88 Å². The normalized spacial score (nSPS) is 25.1. The minimum Gasteiger partial charge on any atom is -0.372 e. The molecule has 0 radical (unpaired) electrons. The second kappa shape index (κ2) is 4.78. The quantitative estimate of drug-likeness (QED) is 0.770. The molecule has 1 aromatic rings. The van der Waals surface area contributed by atoms with E-state index >= 15 is 0 Å². The van der Waals surface area contributed by atoms with Gasteiger partial charge in [-0.25, -0.2) is 0 Å². The molecule has 17 heavy (non-hydrogen) atoms. The second-order valence-electron chi connectivity index (χ2n) is 4.80. The van der Waals surface area contributed by atoms with Crippen LogP contribution in [-0.2, 0) is 4.74 Å². The molecule has 1 amide bonds. The molecule has 2 rings (SSSR count). The Labute approximate surface area is 106 Å². The van der Waals surface area contributed by atoms with E-state index in [0.29, 0.717) is 13.1 Å². The van der Waals surface area contributed by atoms with Crippen molar-refractivity contribution in [1.29, 1.82) is 0 Å². The van der Waals surface area contributed by atoms with Crippen LogP contribution in [0.25, 0.3) is 0 Å². The highest BCUT2D eigenvalue weighted by Gasteiger charge is 2.27. The van der Waals surface area contributed by atoms with E-state index in [4.69, 9.17) is 4.74 Å². The van der Waals surface area contributed by atoms with Crippen molar-refractivity contribution in [3.8, 4) is 0 Å². The van der Waals surface area contributed by atoms with Crippen LogP contribution in [-0.4, -0.2) is 36.1 Å². The zero-order chi connectivity index (χ0) is 12.6. The zero-order valence-electron chi connectivity index (χ0n) is 10.8. The number of thiophene rings is 1. The lowest BCUT2D eigenvalue weighted by atomic mass is 10.1. The first-order valence-electron chi connectivity index (χ1n) is 5.98. The molecule has 1 aromatic heterocycles. The molecule has 0 aromatic carbocycles. The Hall–Kier alpha value is -0.870. The fourth-order valence-corrected chi connectivity index (χ4v) is 3.10. The maximum atomic E-state index is 12.4. The summed E-state index contributed by atoms with van der Waals surface area (Å²) in [4.78, 5) is 15.5. The highest BCUT2D eigenvalue weighted by Crippen LogP contribution is 2.23. The lowest BCUT2D eigenvalue weighted by Crippen LogP contribution is -2.48. The fourth-order valence-electron chi connectivity index (χ4n) is 2.24. The van der Waals surface area contributed by atoms with Gasteiger partial charge < -0.3 is 9.64 Å². The highest BCUT2D eigenvalue weighted by atomic mass is 32.1. The summed E-state index contributed by atoms with van der Waals surface area (Å²) in [6.45, 7) is 9.49. The van der Waals surface area contributed by atoms with Gasteiger partial charge in [-0.3, -0.25) is 4.79 Å². The van der Waals surface area contributed by atoms with Crippen molar-refractivity contribution in [1.82, 2.24) is 4.90 Å². The van der Waals surface area contributed by atoms with Crippen molar-refractivity contribution in [2.45, 2.75) is 39.9 Å². The summed E-state index contributed by atoms with van der Waals surface area (Å²) in [6, 6.07) is 0. The summed E-state index contributed by atoms with van der Waals surface area (Å²) in [7, 11) is 0. The Morgan fingerprint density at radius 2 is 1.94 bits per heavy atom. The van der Waals surface area contributed by atoms with Crippen molar-refractivity contribution in [3.05, 3.63) is 21.4 Å². The van der Waals surface area contributed by atoms with Crippen molar-refractivity contribution in [2.75, 3.05) is 13.1 Å². The highest BCUT2D eigenvalue weighted by molar-refractivity contribution is 7.10. The van der Waals surface area contributed by atoms with Crippen molar-refractivity contribution in [2.24, 2.45) is 0 Å². The van der Waals surface area contributed by atoms with Gasteiger partial charge in [-0.2, -0.15) is 0 Å². The van der Waals surface area contributed by atoms with Gasteiger partial charge in [0.2, 0.25) is 0 Å². The van der Waals surface area contributed by atoms with Crippen LogP contribution < -0.4 is 0 Å². The lowest BCUT2D eigenvalue weighted by Gasteiger charge is -2.35. The number of ether oxygens (including phenoxy) is 1. The van der Waals surface area contributed by atoms with E-state index in [2.05, 4.69) is 6.92 Å². The largest absolute Gasteiger partial charge is 0.372 e. The van der Waals surface area contributed by atoms with E-state index in [0.717, 1.165) is 11.1 Å². The molecule has 0 N–H and O–H groups in total. The number of morpholine rings is 1. The summed E-state index contributed by atoms with van der Waals surface area (Å²) >= 11 is 1.65. The van der Waals surface area contributed by atoms with E-state index in [1.54, 1.807) is 11.3 Å². The van der Waals surface area contributed by atoms with Crippen LogP contribution >= 0.6 is 11.3 Å². The third-order valence-electron chi connectivity index (χ3n) is 3.22. The predicted octanol–water partition coefficient (Wildman–Crippen LogP) is 2.61. The minimum absolute atomic E-state index is 0.128. The van der Waals surface area contributed by atoms with Crippen molar-refractivity contribution < 1.29 is 9.53 Å². The van der Waals surface area contributed by atoms with Gasteiger partial charge in [-0.15, -0.1) is 11.3 Å². The van der Waals surface area contributed by atoms with Crippen LogP contribution in [0.4, 0.5) is 0 Å². The maximum Gasteiger partial charge on any atom is 0.255 e. The van der Waals surface area contributed by atoms with Gasteiger partial charge in [0.15, 0.2) is 0 Å². The predicted molar refractivity (Wildman–Crippen MR) is 69.7 cm³/mol. The molecule has 0 bridgehead atoms. The summed E-state index contributed by atoms with van der Waals surface area (Å²) in [5.41, 5.74) is 1.97. The summed E-state index contributed by atoms with van der Waals surface area (Å²) in [5, 5.41) is 1.97. The van der Waals surface area contributed by atoms with Crippen LogP contribution in [0, 0.1) is 13.8 Å². The minimum atomic E-state index is 0.128. The first kappa shape index (κ1) is 12.6. The SMILES string of the molecule is Cc1scc(C(=O)N2C[C@@H](C)O[C@@H](C)C2)c1C.